The van der Waals surface area contributed by atoms with E-state index in [2.05, 4.69) is 31.1 Å². The molecule has 1 aliphatic rings. The number of nitrogens with one attached hydrogen (secondary N) is 1. The monoisotopic (exact) mass is 238 g/mol. The second kappa shape index (κ2) is 4.84. The van der Waals surface area contributed by atoms with Crippen LogP contribution < -0.4 is 5.32 Å². The molecule has 2 nitrogen and oxygen atoms in total. The van der Waals surface area contributed by atoms with Gasteiger partial charge in [-0.1, -0.05) is 13.8 Å². The summed E-state index contributed by atoms with van der Waals surface area (Å²) in [6.07, 6.45) is 3.96. The highest BCUT2D eigenvalue weighted by Gasteiger charge is 2.44. The molecule has 0 aliphatic heterocycles. The van der Waals surface area contributed by atoms with E-state index >= 15 is 0 Å². The van der Waals surface area contributed by atoms with Crippen LogP contribution in [-0.2, 0) is 6.42 Å². The third-order valence-corrected chi connectivity index (χ3v) is 4.96. The minimum Gasteiger partial charge on any atom is -0.316 e. The van der Waals surface area contributed by atoms with Crippen LogP contribution in [0.4, 0.5) is 0 Å². The van der Waals surface area contributed by atoms with Crippen LogP contribution in [0.3, 0.4) is 0 Å². The highest BCUT2D eigenvalue weighted by atomic mass is 32.1. The molecule has 1 aromatic rings. The predicted octanol–water partition coefficient (Wildman–Crippen LogP) is 3.02. The Morgan fingerprint density at radius 1 is 1.50 bits per heavy atom. The highest BCUT2D eigenvalue weighted by molar-refractivity contribution is 7.09. The lowest BCUT2D eigenvalue weighted by Gasteiger charge is -2.19. The molecule has 0 spiro atoms. The Morgan fingerprint density at radius 2 is 2.25 bits per heavy atom. The number of aryl methyl sites for hydroxylation is 1. The van der Waals surface area contributed by atoms with E-state index in [0.717, 1.165) is 18.9 Å². The molecule has 0 radical (unpaired) electrons. The van der Waals surface area contributed by atoms with Crippen LogP contribution in [0.1, 0.15) is 37.3 Å². The molecular formula is C13H22N2S. The van der Waals surface area contributed by atoms with Gasteiger partial charge in [-0.05, 0) is 37.5 Å². The third-order valence-electron chi connectivity index (χ3n) is 3.97. The molecule has 90 valence electrons. The van der Waals surface area contributed by atoms with Gasteiger partial charge < -0.3 is 5.32 Å². The van der Waals surface area contributed by atoms with Gasteiger partial charge in [-0.15, -0.1) is 11.3 Å². The van der Waals surface area contributed by atoms with E-state index in [9.17, 15) is 0 Å². The minimum atomic E-state index is 0.628. The molecule has 0 saturated heterocycles. The normalized spacial score (nSPS) is 18.0. The van der Waals surface area contributed by atoms with Gasteiger partial charge in [0.15, 0.2) is 0 Å². The Labute approximate surface area is 102 Å². The summed E-state index contributed by atoms with van der Waals surface area (Å²) in [4.78, 5) is 5.71. The molecule has 1 aliphatic carbocycles. The molecule has 1 fully saturated rings. The van der Waals surface area contributed by atoms with Gasteiger partial charge in [0.05, 0.1) is 11.2 Å². The standard InChI is InChI=1S/C13H22N2S/c1-10(2)13(5-6-13)8-14-7-4-12-11(3)15-9-16-12/h9-10,14H,4-8H2,1-3H3. The molecular weight excluding hydrogens is 216 g/mol. The SMILES string of the molecule is Cc1ncsc1CCNCC1(C(C)C)CC1. The van der Waals surface area contributed by atoms with Crippen molar-refractivity contribution in [1.29, 1.82) is 0 Å². The molecule has 2 rings (SSSR count). The van der Waals surface area contributed by atoms with Crippen molar-refractivity contribution in [2.24, 2.45) is 11.3 Å². The molecule has 1 aromatic heterocycles. The van der Waals surface area contributed by atoms with Crippen LogP contribution in [-0.4, -0.2) is 18.1 Å². The molecule has 0 atom stereocenters. The molecule has 0 bridgehead atoms. The molecule has 0 aromatic carbocycles. The number of rotatable bonds is 6. The topological polar surface area (TPSA) is 24.9 Å². The van der Waals surface area contributed by atoms with Gasteiger partial charge in [-0.3, -0.25) is 0 Å². The van der Waals surface area contributed by atoms with Crippen LogP contribution in [0.25, 0.3) is 0 Å². The fourth-order valence-electron chi connectivity index (χ4n) is 2.22. The van der Waals surface area contributed by atoms with Crippen molar-refractivity contribution in [3.63, 3.8) is 0 Å². The summed E-state index contributed by atoms with van der Waals surface area (Å²) >= 11 is 1.78. The summed E-state index contributed by atoms with van der Waals surface area (Å²) in [5, 5.41) is 3.61. The average Bonchev–Trinajstić information content (AvgIpc) is 2.93. The van der Waals surface area contributed by atoms with Crippen molar-refractivity contribution in [3.8, 4) is 0 Å². The lowest BCUT2D eigenvalue weighted by Crippen LogP contribution is -2.29. The zero-order valence-corrected chi connectivity index (χ0v) is 11.4. The lowest BCUT2D eigenvalue weighted by molar-refractivity contribution is 0.339. The quantitative estimate of drug-likeness (QED) is 0.771. The molecule has 1 saturated carbocycles. The van der Waals surface area contributed by atoms with Crippen LogP contribution in [0.15, 0.2) is 5.51 Å². The number of hydrogen-bond donors (Lipinski definition) is 1. The summed E-state index contributed by atoms with van der Waals surface area (Å²) in [7, 11) is 0. The first kappa shape index (κ1) is 12.1. The fraction of sp³-hybridized carbons (Fsp3) is 0.769. The molecule has 1 N–H and O–H groups in total. The number of thiazole rings is 1. The van der Waals surface area contributed by atoms with Gasteiger partial charge in [-0.25, -0.2) is 4.98 Å². The van der Waals surface area contributed by atoms with Crippen LogP contribution >= 0.6 is 11.3 Å². The maximum absolute atomic E-state index is 4.28. The first-order valence-electron chi connectivity index (χ1n) is 6.24. The van der Waals surface area contributed by atoms with E-state index in [0.29, 0.717) is 5.41 Å². The van der Waals surface area contributed by atoms with Crippen molar-refractivity contribution >= 4 is 11.3 Å². The first-order chi connectivity index (χ1) is 7.64. The summed E-state index contributed by atoms with van der Waals surface area (Å²) in [6, 6.07) is 0. The van der Waals surface area contributed by atoms with Gasteiger partial charge in [0, 0.05) is 18.0 Å². The Kier molecular flexibility index (Phi) is 3.65. The lowest BCUT2D eigenvalue weighted by atomic mass is 9.92. The van der Waals surface area contributed by atoms with E-state index in [-0.39, 0.29) is 0 Å². The largest absolute Gasteiger partial charge is 0.316 e. The molecule has 3 heteroatoms. The maximum Gasteiger partial charge on any atom is 0.0797 e. The summed E-state index contributed by atoms with van der Waals surface area (Å²) in [5.41, 5.74) is 3.78. The summed E-state index contributed by atoms with van der Waals surface area (Å²) in [6.45, 7) is 9.09. The Balaban J connectivity index is 1.68. The molecule has 0 unspecified atom stereocenters. The summed E-state index contributed by atoms with van der Waals surface area (Å²) in [5.74, 6) is 0.824. The molecule has 0 amide bonds. The van der Waals surface area contributed by atoms with Gasteiger partial charge >= 0.3 is 0 Å². The zero-order valence-electron chi connectivity index (χ0n) is 10.5. The van der Waals surface area contributed by atoms with Gasteiger partial charge in [0.2, 0.25) is 0 Å². The molecule has 16 heavy (non-hydrogen) atoms. The number of hydrogen-bond acceptors (Lipinski definition) is 3. The van der Waals surface area contributed by atoms with E-state index in [1.54, 1.807) is 11.3 Å². The number of nitrogens with zero attached hydrogens (tertiary/aromatic N) is 1. The fourth-order valence-corrected chi connectivity index (χ4v) is 3.01. The van der Waals surface area contributed by atoms with Gasteiger partial charge in [-0.2, -0.15) is 0 Å². The highest BCUT2D eigenvalue weighted by Crippen LogP contribution is 2.51. The average molecular weight is 238 g/mol. The van der Waals surface area contributed by atoms with E-state index in [4.69, 9.17) is 0 Å². The van der Waals surface area contributed by atoms with E-state index < -0.39 is 0 Å². The Bertz CT molecular complexity index is 339. The number of aromatic nitrogens is 1. The van der Waals surface area contributed by atoms with Crippen molar-refractivity contribution in [2.75, 3.05) is 13.1 Å². The second-order valence-corrected chi connectivity index (χ2v) is 6.24. The van der Waals surface area contributed by atoms with Crippen molar-refractivity contribution in [2.45, 2.75) is 40.0 Å². The van der Waals surface area contributed by atoms with Gasteiger partial charge in [0.1, 0.15) is 0 Å². The van der Waals surface area contributed by atoms with Crippen molar-refractivity contribution in [3.05, 3.63) is 16.1 Å². The maximum atomic E-state index is 4.28. The van der Waals surface area contributed by atoms with Crippen molar-refractivity contribution in [1.82, 2.24) is 10.3 Å². The zero-order chi connectivity index (χ0) is 11.6. The van der Waals surface area contributed by atoms with Crippen LogP contribution in [0.2, 0.25) is 0 Å². The second-order valence-electron chi connectivity index (χ2n) is 5.30. The van der Waals surface area contributed by atoms with E-state index in [1.165, 1.54) is 30.0 Å². The third kappa shape index (κ3) is 2.64. The van der Waals surface area contributed by atoms with Gasteiger partial charge in [0.25, 0.3) is 0 Å². The smallest absolute Gasteiger partial charge is 0.0797 e. The summed E-state index contributed by atoms with van der Waals surface area (Å²) < 4.78 is 0. The van der Waals surface area contributed by atoms with Crippen LogP contribution in [0, 0.1) is 18.3 Å². The Hall–Kier alpha value is -0.410. The minimum absolute atomic E-state index is 0.628. The Morgan fingerprint density at radius 3 is 2.75 bits per heavy atom. The predicted molar refractivity (Wildman–Crippen MR) is 69.9 cm³/mol. The van der Waals surface area contributed by atoms with Crippen molar-refractivity contribution < 1.29 is 0 Å². The first-order valence-corrected chi connectivity index (χ1v) is 7.12. The van der Waals surface area contributed by atoms with Crippen LogP contribution in [0.5, 0.6) is 0 Å². The van der Waals surface area contributed by atoms with E-state index in [1.807, 2.05) is 5.51 Å². The molecule has 1 heterocycles.